The molecule has 0 aliphatic carbocycles. The topological polar surface area (TPSA) is 95.2 Å². The van der Waals surface area contributed by atoms with Crippen LogP contribution in [0, 0.1) is 6.92 Å². The maximum Gasteiger partial charge on any atom is 0.251 e. The summed E-state index contributed by atoms with van der Waals surface area (Å²) in [6.07, 6.45) is 0. The van der Waals surface area contributed by atoms with Crippen molar-refractivity contribution >= 4 is 34.4 Å². The lowest BCUT2D eigenvalue weighted by atomic mass is 10.2. The zero-order valence-corrected chi connectivity index (χ0v) is 15.4. The van der Waals surface area contributed by atoms with Gasteiger partial charge in [0, 0.05) is 37.1 Å². The van der Waals surface area contributed by atoms with Crippen LogP contribution in [0.4, 0.5) is 17.5 Å². The fourth-order valence-electron chi connectivity index (χ4n) is 3.12. The van der Waals surface area contributed by atoms with Crippen LogP contribution in [-0.4, -0.2) is 54.2 Å². The summed E-state index contributed by atoms with van der Waals surface area (Å²) in [5.74, 6) is 1.30. The van der Waals surface area contributed by atoms with Gasteiger partial charge in [-0.3, -0.25) is 4.79 Å². The molecule has 1 aromatic carbocycles. The van der Waals surface area contributed by atoms with Gasteiger partial charge in [0.15, 0.2) is 0 Å². The highest BCUT2D eigenvalue weighted by Gasteiger charge is 2.18. The molecule has 0 saturated carbocycles. The van der Waals surface area contributed by atoms with Gasteiger partial charge in [-0.25, -0.2) is 0 Å². The lowest BCUT2D eigenvalue weighted by Crippen LogP contribution is -2.37. The number of hydrogen-bond donors (Lipinski definition) is 3. The third-order valence-corrected chi connectivity index (χ3v) is 4.54. The summed E-state index contributed by atoms with van der Waals surface area (Å²) in [4.78, 5) is 26.6. The number of ether oxygens (including phenoxy) is 1. The molecule has 4 rings (SSSR count). The first kappa shape index (κ1) is 17.3. The highest BCUT2D eigenvalue weighted by Crippen LogP contribution is 2.27. The predicted molar refractivity (Wildman–Crippen MR) is 105 cm³/mol. The van der Waals surface area contributed by atoms with Gasteiger partial charge in [0.25, 0.3) is 5.91 Å². The van der Waals surface area contributed by atoms with Crippen LogP contribution in [0.1, 0.15) is 16.1 Å². The van der Waals surface area contributed by atoms with E-state index in [4.69, 9.17) is 9.72 Å². The molecule has 0 radical (unpaired) electrons. The van der Waals surface area contributed by atoms with Gasteiger partial charge >= 0.3 is 0 Å². The Kier molecular flexibility index (Phi) is 4.64. The zero-order chi connectivity index (χ0) is 18.8. The van der Waals surface area contributed by atoms with Gasteiger partial charge in [-0.05, 0) is 37.3 Å². The summed E-state index contributed by atoms with van der Waals surface area (Å²) in [7, 11) is 1.62. The van der Waals surface area contributed by atoms with Gasteiger partial charge in [-0.2, -0.15) is 9.97 Å². The maximum atomic E-state index is 11.7. The number of aromatic amines is 1. The minimum absolute atomic E-state index is 0.109. The number of amides is 1. The number of morpholine rings is 1. The maximum absolute atomic E-state index is 11.7. The Morgan fingerprint density at radius 1 is 1.19 bits per heavy atom. The zero-order valence-electron chi connectivity index (χ0n) is 15.4. The molecular formula is C19H22N6O2. The average molecular weight is 366 g/mol. The lowest BCUT2D eigenvalue weighted by Gasteiger charge is -2.27. The molecule has 3 aromatic rings. The summed E-state index contributed by atoms with van der Waals surface area (Å²) < 4.78 is 5.43. The number of anilines is 3. The molecule has 140 valence electrons. The fourth-order valence-corrected chi connectivity index (χ4v) is 3.12. The third-order valence-electron chi connectivity index (χ3n) is 4.54. The summed E-state index contributed by atoms with van der Waals surface area (Å²) in [6, 6.07) is 9.33. The molecular weight excluding hydrogens is 344 g/mol. The molecule has 8 nitrogen and oxygen atoms in total. The predicted octanol–water partition coefficient (Wildman–Crippen LogP) is 2.21. The van der Waals surface area contributed by atoms with Crippen molar-refractivity contribution in [1.82, 2.24) is 20.3 Å². The Morgan fingerprint density at radius 3 is 2.63 bits per heavy atom. The Bertz CT molecular complexity index is 960. The molecule has 0 spiro atoms. The Morgan fingerprint density at radius 2 is 1.93 bits per heavy atom. The summed E-state index contributed by atoms with van der Waals surface area (Å²) in [6.45, 7) is 4.89. The van der Waals surface area contributed by atoms with E-state index in [0.717, 1.165) is 41.3 Å². The first-order valence-electron chi connectivity index (χ1n) is 8.93. The van der Waals surface area contributed by atoms with Gasteiger partial charge in [-0.15, -0.1) is 0 Å². The molecule has 1 aliphatic rings. The number of H-pyrrole nitrogens is 1. The molecule has 0 unspecified atom stereocenters. The molecule has 0 bridgehead atoms. The summed E-state index contributed by atoms with van der Waals surface area (Å²) in [5, 5.41) is 6.91. The number of carbonyl (C=O) groups excluding carboxylic acids is 1. The van der Waals surface area contributed by atoms with E-state index in [1.54, 1.807) is 19.2 Å². The highest BCUT2D eigenvalue weighted by atomic mass is 16.5. The van der Waals surface area contributed by atoms with Crippen LogP contribution in [0.3, 0.4) is 0 Å². The van der Waals surface area contributed by atoms with Gasteiger partial charge in [0.2, 0.25) is 5.95 Å². The van der Waals surface area contributed by atoms with Crippen molar-refractivity contribution in [1.29, 1.82) is 0 Å². The SMILES string of the molecule is CNC(=O)c1ccc(Nc2nc(N3CCOCC3)nc3[nH]c(C)cc23)cc1. The van der Waals surface area contributed by atoms with Crippen molar-refractivity contribution in [3.8, 4) is 0 Å². The quantitative estimate of drug-likeness (QED) is 0.655. The number of benzene rings is 1. The van der Waals surface area contributed by atoms with Crippen LogP contribution >= 0.6 is 0 Å². The van der Waals surface area contributed by atoms with E-state index in [0.29, 0.717) is 24.7 Å². The summed E-state index contributed by atoms with van der Waals surface area (Å²) in [5.41, 5.74) is 3.29. The number of rotatable bonds is 4. The third kappa shape index (κ3) is 3.56. The van der Waals surface area contributed by atoms with E-state index in [2.05, 4.69) is 25.5 Å². The van der Waals surface area contributed by atoms with Crippen molar-refractivity contribution in [2.75, 3.05) is 43.6 Å². The van der Waals surface area contributed by atoms with Crippen molar-refractivity contribution in [3.05, 3.63) is 41.6 Å². The molecule has 3 heterocycles. The second-order valence-electron chi connectivity index (χ2n) is 6.47. The molecule has 3 N–H and O–H groups in total. The normalized spacial score (nSPS) is 14.4. The van der Waals surface area contributed by atoms with E-state index in [1.807, 2.05) is 25.1 Å². The molecule has 27 heavy (non-hydrogen) atoms. The highest BCUT2D eigenvalue weighted by molar-refractivity contribution is 5.95. The van der Waals surface area contributed by atoms with E-state index < -0.39 is 0 Å². The monoisotopic (exact) mass is 366 g/mol. The first-order chi connectivity index (χ1) is 13.1. The minimum atomic E-state index is -0.109. The number of aromatic nitrogens is 3. The van der Waals surface area contributed by atoms with E-state index >= 15 is 0 Å². The molecule has 2 aromatic heterocycles. The smallest absolute Gasteiger partial charge is 0.251 e. The number of fused-ring (bicyclic) bond motifs is 1. The number of nitrogens with one attached hydrogen (secondary N) is 3. The Labute approximate surface area is 157 Å². The van der Waals surface area contributed by atoms with Crippen LogP contribution in [0.2, 0.25) is 0 Å². The van der Waals surface area contributed by atoms with E-state index in [-0.39, 0.29) is 5.91 Å². The Hall–Kier alpha value is -3.13. The largest absolute Gasteiger partial charge is 0.378 e. The first-order valence-corrected chi connectivity index (χ1v) is 8.93. The van der Waals surface area contributed by atoms with Crippen LogP contribution in [-0.2, 0) is 4.74 Å². The molecule has 1 amide bonds. The van der Waals surface area contributed by atoms with Crippen molar-refractivity contribution < 1.29 is 9.53 Å². The van der Waals surface area contributed by atoms with E-state index in [1.165, 1.54) is 0 Å². The van der Waals surface area contributed by atoms with Crippen LogP contribution in [0.25, 0.3) is 11.0 Å². The second kappa shape index (κ2) is 7.24. The standard InChI is InChI=1S/C19H22N6O2/c1-12-11-15-16(21-12)23-19(25-7-9-27-10-8-25)24-17(15)22-14-5-3-13(4-6-14)18(26)20-2/h3-6,11H,7-10H2,1-2H3,(H,20,26)(H2,21,22,23,24). The second-order valence-corrected chi connectivity index (χ2v) is 6.47. The molecule has 8 heteroatoms. The van der Waals surface area contributed by atoms with Gasteiger partial charge < -0.3 is 25.3 Å². The van der Waals surface area contributed by atoms with Crippen molar-refractivity contribution in [2.45, 2.75) is 6.92 Å². The Balaban J connectivity index is 1.68. The summed E-state index contributed by atoms with van der Waals surface area (Å²) >= 11 is 0. The minimum Gasteiger partial charge on any atom is -0.378 e. The van der Waals surface area contributed by atoms with Gasteiger partial charge in [0.05, 0.1) is 18.6 Å². The number of nitrogens with zero attached hydrogens (tertiary/aromatic N) is 3. The fraction of sp³-hybridized carbons (Fsp3) is 0.316. The molecule has 0 atom stereocenters. The van der Waals surface area contributed by atoms with Gasteiger partial charge in [0.1, 0.15) is 11.5 Å². The van der Waals surface area contributed by atoms with E-state index in [9.17, 15) is 4.79 Å². The van der Waals surface area contributed by atoms with Crippen molar-refractivity contribution in [2.24, 2.45) is 0 Å². The van der Waals surface area contributed by atoms with Gasteiger partial charge in [-0.1, -0.05) is 0 Å². The van der Waals surface area contributed by atoms with Crippen LogP contribution in [0.5, 0.6) is 0 Å². The van der Waals surface area contributed by atoms with Crippen LogP contribution < -0.4 is 15.5 Å². The molecule has 1 saturated heterocycles. The average Bonchev–Trinajstić information content (AvgIpc) is 3.09. The number of aryl methyl sites for hydroxylation is 1. The number of hydrogen-bond acceptors (Lipinski definition) is 6. The lowest BCUT2D eigenvalue weighted by molar-refractivity contribution is 0.0963. The molecule has 1 fully saturated rings. The number of carbonyl (C=O) groups is 1. The van der Waals surface area contributed by atoms with Crippen molar-refractivity contribution in [3.63, 3.8) is 0 Å². The molecule has 1 aliphatic heterocycles. The van der Waals surface area contributed by atoms with Crippen LogP contribution in [0.15, 0.2) is 30.3 Å².